The second-order valence-electron chi connectivity index (χ2n) is 5.99. The molecule has 0 atom stereocenters. The van der Waals surface area contributed by atoms with E-state index in [1.165, 1.54) is 0 Å². The first-order valence-corrected chi connectivity index (χ1v) is 7.95. The summed E-state index contributed by atoms with van der Waals surface area (Å²) in [4.78, 5) is 27.8. The molecule has 1 aliphatic heterocycles. The normalized spacial score (nSPS) is 14.9. The average molecular weight is 335 g/mol. The number of piperidine rings is 1. The predicted octanol–water partition coefficient (Wildman–Crippen LogP) is 2.04. The number of ether oxygens (including phenoxy) is 2. The monoisotopic (exact) mass is 335 g/mol. The highest BCUT2D eigenvalue weighted by Gasteiger charge is 2.28. The number of likely N-dealkylation sites (tertiary alicyclic amines) is 1. The van der Waals surface area contributed by atoms with E-state index in [0.29, 0.717) is 43.1 Å². The molecule has 0 saturated carbocycles. The van der Waals surface area contributed by atoms with Gasteiger partial charge in [0.1, 0.15) is 11.5 Å². The minimum atomic E-state index is -0.108. The lowest BCUT2D eigenvalue weighted by molar-refractivity contribution is -0.121. The smallest absolute Gasteiger partial charge is 0.319 e. The van der Waals surface area contributed by atoms with E-state index in [4.69, 9.17) is 9.47 Å². The number of rotatable bonds is 4. The van der Waals surface area contributed by atoms with Gasteiger partial charge >= 0.3 is 6.03 Å². The minimum absolute atomic E-state index is 0.00863. The topological polar surface area (TPSA) is 71.1 Å². The molecule has 1 N–H and O–H groups in total. The fourth-order valence-corrected chi connectivity index (χ4v) is 2.75. The quantitative estimate of drug-likeness (QED) is 0.914. The summed E-state index contributed by atoms with van der Waals surface area (Å²) in [5.41, 5.74) is 0.620. The van der Waals surface area contributed by atoms with Gasteiger partial charge in [0, 0.05) is 39.2 Å². The van der Waals surface area contributed by atoms with E-state index < -0.39 is 0 Å². The number of benzene rings is 1. The average Bonchev–Trinajstić information content (AvgIpc) is 2.61. The summed E-state index contributed by atoms with van der Waals surface area (Å²) in [6, 6.07) is 5.26. The molecule has 2 rings (SSSR count). The number of methoxy groups -OCH3 is 2. The van der Waals surface area contributed by atoms with Crippen LogP contribution in [0.5, 0.6) is 11.5 Å². The summed E-state index contributed by atoms with van der Waals surface area (Å²) >= 11 is 0. The Kier molecular flexibility index (Phi) is 5.89. The van der Waals surface area contributed by atoms with Crippen molar-refractivity contribution in [3.63, 3.8) is 0 Å². The Labute approximate surface area is 142 Å². The third kappa shape index (κ3) is 4.10. The highest BCUT2D eigenvalue weighted by atomic mass is 16.5. The molecule has 1 aliphatic rings. The molecule has 7 nitrogen and oxygen atoms in total. The molecule has 1 fully saturated rings. The first-order valence-electron chi connectivity index (χ1n) is 7.95. The van der Waals surface area contributed by atoms with Crippen molar-refractivity contribution in [1.29, 1.82) is 0 Å². The van der Waals surface area contributed by atoms with Crippen molar-refractivity contribution in [2.45, 2.75) is 12.8 Å². The van der Waals surface area contributed by atoms with Crippen LogP contribution in [0.2, 0.25) is 0 Å². The van der Waals surface area contributed by atoms with Gasteiger partial charge in [0.2, 0.25) is 5.91 Å². The van der Waals surface area contributed by atoms with Gasteiger partial charge in [0.15, 0.2) is 0 Å². The number of nitrogens with zero attached hydrogens (tertiary/aromatic N) is 2. The summed E-state index contributed by atoms with van der Waals surface area (Å²) in [6.07, 6.45) is 1.31. The van der Waals surface area contributed by atoms with Gasteiger partial charge in [-0.1, -0.05) is 0 Å². The van der Waals surface area contributed by atoms with Crippen molar-refractivity contribution < 1.29 is 19.1 Å². The molecular formula is C17H25N3O4. The van der Waals surface area contributed by atoms with E-state index in [9.17, 15) is 9.59 Å². The summed E-state index contributed by atoms with van der Waals surface area (Å²) in [5, 5.41) is 2.92. The number of hydrogen-bond acceptors (Lipinski definition) is 4. The number of urea groups is 1. The van der Waals surface area contributed by atoms with Gasteiger partial charge in [-0.05, 0) is 25.0 Å². The molecular weight excluding hydrogens is 310 g/mol. The van der Waals surface area contributed by atoms with Gasteiger partial charge < -0.3 is 24.6 Å². The first kappa shape index (κ1) is 17.9. The van der Waals surface area contributed by atoms with Crippen molar-refractivity contribution in [1.82, 2.24) is 9.80 Å². The summed E-state index contributed by atoms with van der Waals surface area (Å²) in [5.74, 6) is 1.07. The Hall–Kier alpha value is -2.44. The maximum absolute atomic E-state index is 12.5. The molecule has 3 amide bonds. The lowest BCUT2D eigenvalue weighted by Gasteiger charge is -2.33. The fourth-order valence-electron chi connectivity index (χ4n) is 2.75. The molecule has 24 heavy (non-hydrogen) atoms. The zero-order valence-corrected chi connectivity index (χ0v) is 14.7. The van der Waals surface area contributed by atoms with Crippen molar-refractivity contribution in [3.8, 4) is 11.5 Å². The van der Waals surface area contributed by atoms with Crippen molar-refractivity contribution >= 4 is 17.6 Å². The number of anilines is 1. The summed E-state index contributed by atoms with van der Waals surface area (Å²) in [6.45, 7) is 1.18. The molecule has 1 aromatic carbocycles. The highest BCUT2D eigenvalue weighted by molar-refractivity contribution is 5.94. The van der Waals surface area contributed by atoms with Gasteiger partial charge in [-0.3, -0.25) is 4.79 Å². The van der Waals surface area contributed by atoms with Crippen LogP contribution in [0.4, 0.5) is 10.5 Å². The number of nitrogens with one attached hydrogen (secondary N) is 1. The maximum Gasteiger partial charge on any atom is 0.319 e. The molecule has 7 heteroatoms. The third-order valence-electron chi connectivity index (χ3n) is 4.19. The lowest BCUT2D eigenvalue weighted by Crippen LogP contribution is -2.45. The predicted molar refractivity (Wildman–Crippen MR) is 91.6 cm³/mol. The van der Waals surface area contributed by atoms with E-state index in [-0.39, 0.29) is 17.9 Å². The van der Waals surface area contributed by atoms with Crippen LogP contribution in [0, 0.1) is 5.92 Å². The number of amides is 3. The molecule has 1 aromatic rings. The van der Waals surface area contributed by atoms with Crippen LogP contribution in [0.25, 0.3) is 0 Å². The minimum Gasteiger partial charge on any atom is -0.497 e. The van der Waals surface area contributed by atoms with Gasteiger partial charge in [-0.25, -0.2) is 4.79 Å². The van der Waals surface area contributed by atoms with Crippen molar-refractivity contribution in [3.05, 3.63) is 18.2 Å². The molecule has 0 radical (unpaired) electrons. The van der Waals surface area contributed by atoms with Crippen molar-refractivity contribution in [2.75, 3.05) is 46.7 Å². The molecule has 1 saturated heterocycles. The van der Waals surface area contributed by atoms with Crippen LogP contribution < -0.4 is 14.8 Å². The molecule has 1 heterocycles. The van der Waals surface area contributed by atoms with Gasteiger partial charge in [-0.15, -0.1) is 0 Å². The van der Waals surface area contributed by atoms with Crippen LogP contribution >= 0.6 is 0 Å². The number of hydrogen-bond donors (Lipinski definition) is 1. The number of carbonyl (C=O) groups is 2. The molecule has 0 unspecified atom stereocenters. The van der Waals surface area contributed by atoms with Crippen LogP contribution in [-0.4, -0.2) is 63.1 Å². The molecule has 0 aliphatic carbocycles. The largest absolute Gasteiger partial charge is 0.497 e. The molecule has 0 bridgehead atoms. The first-order chi connectivity index (χ1) is 11.5. The zero-order chi connectivity index (χ0) is 17.7. The van der Waals surface area contributed by atoms with Crippen LogP contribution in [0.15, 0.2) is 18.2 Å². The molecule has 0 spiro atoms. The van der Waals surface area contributed by atoms with Crippen molar-refractivity contribution in [2.24, 2.45) is 5.92 Å². The second kappa shape index (κ2) is 7.90. The van der Waals surface area contributed by atoms with E-state index >= 15 is 0 Å². The Balaban J connectivity index is 1.96. The molecule has 132 valence electrons. The maximum atomic E-state index is 12.5. The zero-order valence-electron chi connectivity index (χ0n) is 14.7. The Bertz CT molecular complexity index is 595. The second-order valence-corrected chi connectivity index (χ2v) is 5.99. The number of carbonyl (C=O) groups excluding carboxylic acids is 2. The van der Waals surface area contributed by atoms with Crippen LogP contribution in [0.3, 0.4) is 0 Å². The third-order valence-corrected chi connectivity index (χ3v) is 4.19. The van der Waals surface area contributed by atoms with E-state index in [1.54, 1.807) is 56.3 Å². The Morgan fingerprint density at radius 1 is 1.17 bits per heavy atom. The SMILES string of the molecule is COc1ccc(NC(=O)C2CCN(C(=O)N(C)C)CC2)c(OC)c1. The van der Waals surface area contributed by atoms with E-state index in [0.717, 1.165) is 0 Å². The standard InChI is InChI=1S/C17H25N3O4/c1-19(2)17(22)20-9-7-12(8-10-20)16(21)18-14-6-5-13(23-3)11-15(14)24-4/h5-6,11-12H,7-10H2,1-4H3,(H,18,21). The van der Waals surface area contributed by atoms with E-state index in [2.05, 4.69) is 5.32 Å². The molecule has 0 aromatic heterocycles. The van der Waals surface area contributed by atoms with E-state index in [1.807, 2.05) is 0 Å². The van der Waals surface area contributed by atoms with Crippen LogP contribution in [0.1, 0.15) is 12.8 Å². The van der Waals surface area contributed by atoms with Crippen LogP contribution in [-0.2, 0) is 4.79 Å². The Morgan fingerprint density at radius 2 is 1.83 bits per heavy atom. The summed E-state index contributed by atoms with van der Waals surface area (Å²) < 4.78 is 10.5. The highest BCUT2D eigenvalue weighted by Crippen LogP contribution is 2.30. The fraction of sp³-hybridized carbons (Fsp3) is 0.529. The Morgan fingerprint density at radius 3 is 2.38 bits per heavy atom. The van der Waals surface area contributed by atoms with Gasteiger partial charge in [-0.2, -0.15) is 0 Å². The summed E-state index contributed by atoms with van der Waals surface area (Å²) in [7, 11) is 6.60. The lowest BCUT2D eigenvalue weighted by atomic mass is 9.96. The van der Waals surface area contributed by atoms with Gasteiger partial charge in [0.25, 0.3) is 0 Å². The van der Waals surface area contributed by atoms with Gasteiger partial charge in [0.05, 0.1) is 19.9 Å².